The SMILES string of the molecule is COC(=O)c1ccc(C(=O)Nc2ccc(-c3ccc(NC(=O)c4ccc(C(=O)CO)cc4)c(C)c3)cc2C)cc1. The second-order valence-corrected chi connectivity index (χ2v) is 9.20. The van der Waals surface area contributed by atoms with E-state index < -0.39 is 18.4 Å². The molecule has 0 unspecified atom stereocenters. The number of Topliss-reactive ketones (excluding diaryl/α,β-unsaturated/α-hetero) is 1. The second kappa shape index (κ2) is 12.2. The Balaban J connectivity index is 1.44. The quantitative estimate of drug-likeness (QED) is 0.204. The molecule has 0 saturated heterocycles. The van der Waals surface area contributed by atoms with Gasteiger partial charge in [-0.15, -0.1) is 0 Å². The van der Waals surface area contributed by atoms with E-state index in [-0.39, 0.29) is 11.8 Å². The lowest BCUT2D eigenvalue weighted by molar-refractivity contribution is 0.0600. The number of anilines is 2. The van der Waals surface area contributed by atoms with Crippen molar-refractivity contribution in [3.05, 3.63) is 118 Å². The summed E-state index contributed by atoms with van der Waals surface area (Å²) in [6.45, 7) is 3.22. The second-order valence-electron chi connectivity index (χ2n) is 9.20. The van der Waals surface area contributed by atoms with Gasteiger partial charge in [0.25, 0.3) is 11.8 Å². The predicted octanol–water partition coefficient (Wildman–Crippen LogP) is 5.44. The molecule has 0 fully saturated rings. The van der Waals surface area contributed by atoms with E-state index >= 15 is 0 Å². The number of esters is 1. The van der Waals surface area contributed by atoms with Crippen molar-refractivity contribution in [3.63, 3.8) is 0 Å². The normalized spacial score (nSPS) is 10.5. The molecule has 4 aromatic carbocycles. The van der Waals surface area contributed by atoms with Gasteiger partial charge in [-0.1, -0.05) is 24.3 Å². The summed E-state index contributed by atoms with van der Waals surface area (Å²) in [5, 5.41) is 14.8. The number of methoxy groups -OCH3 is 1. The van der Waals surface area contributed by atoms with Crippen LogP contribution in [0.5, 0.6) is 0 Å². The predicted molar refractivity (Wildman–Crippen MR) is 153 cm³/mol. The van der Waals surface area contributed by atoms with Crippen LogP contribution in [-0.4, -0.2) is 42.4 Å². The minimum atomic E-state index is -0.581. The molecule has 0 spiro atoms. The summed E-state index contributed by atoms with van der Waals surface area (Å²) in [6, 6.07) is 23.8. The molecular weight excluding hydrogens is 508 g/mol. The van der Waals surface area contributed by atoms with E-state index in [2.05, 4.69) is 15.4 Å². The third kappa shape index (κ3) is 6.31. The number of rotatable bonds is 8. The zero-order chi connectivity index (χ0) is 28.8. The minimum Gasteiger partial charge on any atom is -0.465 e. The molecule has 0 bridgehead atoms. The van der Waals surface area contributed by atoms with E-state index in [1.165, 1.54) is 19.2 Å². The van der Waals surface area contributed by atoms with Gasteiger partial charge in [0, 0.05) is 28.1 Å². The van der Waals surface area contributed by atoms with Gasteiger partial charge in [0.05, 0.1) is 12.7 Å². The molecule has 0 radical (unpaired) electrons. The van der Waals surface area contributed by atoms with Crippen LogP contribution in [0.4, 0.5) is 11.4 Å². The van der Waals surface area contributed by atoms with Gasteiger partial charge in [0.15, 0.2) is 5.78 Å². The Kier molecular flexibility index (Phi) is 8.51. The lowest BCUT2D eigenvalue weighted by atomic mass is 9.99. The summed E-state index contributed by atoms with van der Waals surface area (Å²) >= 11 is 0. The van der Waals surface area contributed by atoms with Crippen molar-refractivity contribution < 1.29 is 29.0 Å². The Morgan fingerprint density at radius 3 is 1.40 bits per heavy atom. The van der Waals surface area contributed by atoms with Gasteiger partial charge in [-0.2, -0.15) is 0 Å². The highest BCUT2D eigenvalue weighted by molar-refractivity contribution is 6.06. The lowest BCUT2D eigenvalue weighted by Crippen LogP contribution is -2.13. The van der Waals surface area contributed by atoms with Crippen LogP contribution in [0.15, 0.2) is 84.9 Å². The van der Waals surface area contributed by atoms with E-state index in [4.69, 9.17) is 5.11 Å². The van der Waals surface area contributed by atoms with Crippen molar-refractivity contribution in [2.75, 3.05) is 24.4 Å². The van der Waals surface area contributed by atoms with Crippen LogP contribution in [-0.2, 0) is 4.74 Å². The number of nitrogens with one attached hydrogen (secondary N) is 2. The van der Waals surface area contributed by atoms with Crippen LogP contribution in [0.2, 0.25) is 0 Å². The average molecular weight is 537 g/mol. The lowest BCUT2D eigenvalue weighted by Gasteiger charge is -2.13. The number of aliphatic hydroxyl groups is 1. The first-order valence-corrected chi connectivity index (χ1v) is 12.5. The first kappa shape index (κ1) is 27.9. The Hall–Kier alpha value is -5.08. The van der Waals surface area contributed by atoms with Gasteiger partial charge in [0.2, 0.25) is 0 Å². The molecule has 0 aliphatic heterocycles. The summed E-state index contributed by atoms with van der Waals surface area (Å²) in [5.74, 6) is -1.48. The number of aliphatic hydroxyl groups excluding tert-OH is 1. The Morgan fingerprint density at radius 1 is 0.625 bits per heavy atom. The third-order valence-corrected chi connectivity index (χ3v) is 6.46. The van der Waals surface area contributed by atoms with E-state index in [1.54, 1.807) is 36.4 Å². The molecule has 40 heavy (non-hydrogen) atoms. The molecule has 3 N–H and O–H groups in total. The maximum absolute atomic E-state index is 12.7. The van der Waals surface area contributed by atoms with Crippen molar-refractivity contribution in [2.45, 2.75) is 13.8 Å². The Labute approximate surface area is 231 Å². The van der Waals surface area contributed by atoms with Crippen LogP contribution < -0.4 is 10.6 Å². The molecule has 0 atom stereocenters. The highest BCUT2D eigenvalue weighted by atomic mass is 16.5. The number of aryl methyl sites for hydroxylation is 2. The third-order valence-electron chi connectivity index (χ3n) is 6.46. The van der Waals surface area contributed by atoms with Gasteiger partial charge < -0.3 is 20.5 Å². The van der Waals surface area contributed by atoms with Crippen molar-refractivity contribution >= 4 is 34.9 Å². The van der Waals surface area contributed by atoms with E-state index in [9.17, 15) is 19.2 Å². The van der Waals surface area contributed by atoms with Crippen molar-refractivity contribution in [3.8, 4) is 11.1 Å². The molecular formula is C32H28N2O6. The van der Waals surface area contributed by atoms with Gasteiger partial charge in [0.1, 0.15) is 6.61 Å². The first-order valence-electron chi connectivity index (χ1n) is 12.5. The molecule has 4 rings (SSSR count). The highest BCUT2D eigenvalue weighted by Gasteiger charge is 2.13. The zero-order valence-electron chi connectivity index (χ0n) is 22.3. The molecule has 4 aromatic rings. The summed E-state index contributed by atoms with van der Waals surface area (Å²) in [7, 11) is 1.30. The van der Waals surface area contributed by atoms with Gasteiger partial charge in [-0.25, -0.2) is 4.79 Å². The Morgan fingerprint density at radius 2 is 1.02 bits per heavy atom. The summed E-state index contributed by atoms with van der Waals surface area (Å²) in [4.78, 5) is 48.6. The fourth-order valence-electron chi connectivity index (χ4n) is 4.13. The molecule has 0 heterocycles. The number of benzene rings is 4. The van der Waals surface area contributed by atoms with Gasteiger partial charge >= 0.3 is 5.97 Å². The summed E-state index contributed by atoms with van der Waals surface area (Å²) in [5.41, 5.74) is 6.47. The van der Waals surface area contributed by atoms with Gasteiger partial charge in [-0.3, -0.25) is 14.4 Å². The Bertz CT molecular complexity index is 1470. The molecule has 0 aliphatic rings. The van der Waals surface area contributed by atoms with Crippen LogP contribution in [0.3, 0.4) is 0 Å². The van der Waals surface area contributed by atoms with Crippen LogP contribution in [0.25, 0.3) is 11.1 Å². The van der Waals surface area contributed by atoms with E-state index in [0.29, 0.717) is 33.6 Å². The van der Waals surface area contributed by atoms with Crippen LogP contribution in [0, 0.1) is 13.8 Å². The maximum Gasteiger partial charge on any atom is 0.337 e. The largest absolute Gasteiger partial charge is 0.465 e. The van der Waals surface area contributed by atoms with E-state index in [0.717, 1.165) is 22.3 Å². The maximum atomic E-state index is 12.7. The molecule has 2 amide bonds. The fourth-order valence-corrected chi connectivity index (χ4v) is 4.13. The van der Waals surface area contributed by atoms with Crippen molar-refractivity contribution in [1.29, 1.82) is 0 Å². The summed E-state index contributed by atoms with van der Waals surface area (Å²) < 4.78 is 4.68. The number of hydrogen-bond donors (Lipinski definition) is 3. The van der Waals surface area contributed by atoms with Gasteiger partial charge in [-0.05, 0) is 96.8 Å². The molecule has 0 saturated carbocycles. The molecule has 0 aromatic heterocycles. The molecule has 0 aliphatic carbocycles. The van der Waals surface area contributed by atoms with Crippen molar-refractivity contribution in [2.24, 2.45) is 0 Å². The number of ketones is 1. The fraction of sp³-hybridized carbons (Fsp3) is 0.125. The van der Waals surface area contributed by atoms with Crippen LogP contribution in [0.1, 0.15) is 52.6 Å². The number of amides is 2. The summed E-state index contributed by atoms with van der Waals surface area (Å²) in [6.07, 6.45) is 0. The monoisotopic (exact) mass is 536 g/mol. The topological polar surface area (TPSA) is 122 Å². The van der Waals surface area contributed by atoms with Crippen LogP contribution >= 0.6 is 0 Å². The molecule has 8 heteroatoms. The highest BCUT2D eigenvalue weighted by Crippen LogP contribution is 2.28. The van der Waals surface area contributed by atoms with E-state index in [1.807, 2.05) is 50.2 Å². The number of ether oxygens (including phenoxy) is 1. The number of hydrogen-bond acceptors (Lipinski definition) is 6. The zero-order valence-corrected chi connectivity index (χ0v) is 22.3. The number of carbonyl (C=O) groups excluding carboxylic acids is 4. The first-order chi connectivity index (χ1) is 19.2. The number of carbonyl (C=O) groups is 4. The molecule has 202 valence electrons. The van der Waals surface area contributed by atoms with Crippen molar-refractivity contribution in [1.82, 2.24) is 0 Å². The minimum absolute atomic E-state index is 0.294. The standard InChI is InChI=1S/C32H28N2O6/c1-19-16-25(12-14-27(19)33-30(37)22-6-4-21(5-7-22)29(36)18-35)26-13-15-28(20(2)17-26)34-31(38)23-8-10-24(11-9-23)32(39)40-3/h4-17,35H,18H2,1-3H3,(H,33,37)(H,34,38). The average Bonchev–Trinajstić information content (AvgIpc) is 2.98. The smallest absolute Gasteiger partial charge is 0.337 e. The molecule has 8 nitrogen and oxygen atoms in total.